The SMILES string of the molecule is [S-][N+]1(CCCP(c2ccccc2)c2ccccc2)C=CN=C1c1nccn1CCCP(c1ccccc1)c1ccccc1. The van der Waals surface area contributed by atoms with E-state index in [2.05, 4.69) is 132 Å². The van der Waals surface area contributed by atoms with Gasteiger partial charge >= 0.3 is 0 Å². The van der Waals surface area contributed by atoms with Crippen LogP contribution in [0.2, 0.25) is 0 Å². The van der Waals surface area contributed by atoms with Crippen LogP contribution in [0, 0.1) is 0 Å². The molecule has 0 amide bonds. The summed E-state index contributed by atoms with van der Waals surface area (Å²) in [6.45, 7) is 1.69. The summed E-state index contributed by atoms with van der Waals surface area (Å²) >= 11 is 6.24. The maximum absolute atomic E-state index is 6.24. The second kappa shape index (κ2) is 14.4. The molecule has 4 aromatic carbocycles. The number of nitrogens with zero attached hydrogens (tertiary/aromatic N) is 4. The summed E-state index contributed by atoms with van der Waals surface area (Å²) in [4.78, 5) is 9.54. The average Bonchev–Trinajstić information content (AvgIpc) is 3.69. The lowest BCUT2D eigenvalue weighted by Gasteiger charge is -2.38. The number of hydrogen-bond acceptors (Lipinski definition) is 3. The Kier molecular flexibility index (Phi) is 9.98. The van der Waals surface area contributed by atoms with Crippen molar-refractivity contribution in [2.24, 2.45) is 4.99 Å². The van der Waals surface area contributed by atoms with E-state index in [1.54, 1.807) is 0 Å². The molecule has 4 nitrogen and oxygen atoms in total. The smallest absolute Gasteiger partial charge is 0.258 e. The van der Waals surface area contributed by atoms with Gasteiger partial charge in [0, 0.05) is 25.4 Å². The van der Waals surface area contributed by atoms with Crippen LogP contribution in [0.1, 0.15) is 18.7 Å². The maximum atomic E-state index is 6.24. The highest BCUT2D eigenvalue weighted by Gasteiger charge is 2.30. The Morgan fingerprint density at radius 1 is 0.628 bits per heavy atom. The highest BCUT2D eigenvalue weighted by molar-refractivity contribution is 7.73. The molecule has 0 aliphatic carbocycles. The van der Waals surface area contributed by atoms with Gasteiger partial charge in [-0.2, -0.15) is 4.99 Å². The van der Waals surface area contributed by atoms with Crippen LogP contribution in [0.4, 0.5) is 0 Å². The molecule has 216 valence electrons. The van der Waals surface area contributed by atoms with Gasteiger partial charge in [-0.1, -0.05) is 121 Å². The number of hydrogen-bond donors (Lipinski definition) is 0. The number of aliphatic imine (C=N–C) groups is 1. The van der Waals surface area contributed by atoms with Gasteiger partial charge < -0.3 is 21.3 Å². The molecule has 1 atom stereocenters. The lowest BCUT2D eigenvalue weighted by atomic mass is 10.3. The lowest BCUT2D eigenvalue weighted by molar-refractivity contribution is -0.632. The van der Waals surface area contributed by atoms with Crippen molar-refractivity contribution in [1.82, 2.24) is 9.55 Å². The molecule has 6 rings (SSSR count). The van der Waals surface area contributed by atoms with Gasteiger partial charge in [0.25, 0.3) is 5.84 Å². The van der Waals surface area contributed by atoms with E-state index < -0.39 is 15.8 Å². The quantitative estimate of drug-likeness (QED) is 0.0864. The molecular formula is C36H36N4P2S. The van der Waals surface area contributed by atoms with Crippen LogP contribution < -0.4 is 21.2 Å². The van der Waals surface area contributed by atoms with Gasteiger partial charge in [0.05, 0.1) is 12.7 Å². The van der Waals surface area contributed by atoms with Gasteiger partial charge in [-0.3, -0.25) is 0 Å². The largest absolute Gasteiger partial charge is 0.480 e. The van der Waals surface area contributed by atoms with Gasteiger partial charge in [0.2, 0.25) is 5.82 Å². The number of quaternary nitrogens is 1. The van der Waals surface area contributed by atoms with Crippen molar-refractivity contribution in [3.05, 3.63) is 152 Å². The molecule has 7 heteroatoms. The summed E-state index contributed by atoms with van der Waals surface area (Å²) in [5.41, 5.74) is 0. The summed E-state index contributed by atoms with van der Waals surface area (Å²) in [6, 6.07) is 43.7. The predicted octanol–water partition coefficient (Wildman–Crippen LogP) is 6.44. The van der Waals surface area contributed by atoms with E-state index in [0.717, 1.165) is 49.9 Å². The Balaban J connectivity index is 1.12. The third kappa shape index (κ3) is 7.25. The number of imidazole rings is 1. The minimum atomic E-state index is -0.451. The maximum Gasteiger partial charge on any atom is 0.258 e. The van der Waals surface area contributed by atoms with Crippen molar-refractivity contribution in [2.75, 3.05) is 18.9 Å². The zero-order chi connectivity index (χ0) is 29.3. The summed E-state index contributed by atoms with van der Waals surface area (Å²) in [5.74, 6) is 1.74. The minimum Gasteiger partial charge on any atom is -0.480 e. The van der Waals surface area contributed by atoms with Crippen LogP contribution in [0.15, 0.2) is 151 Å². The molecule has 0 N–H and O–H groups in total. The van der Waals surface area contributed by atoms with Crippen molar-refractivity contribution >= 4 is 55.7 Å². The van der Waals surface area contributed by atoms with E-state index in [1.807, 2.05) is 18.6 Å². The second-order valence-corrected chi connectivity index (χ2v) is 15.9. The van der Waals surface area contributed by atoms with E-state index >= 15 is 0 Å². The second-order valence-electron chi connectivity index (χ2n) is 10.6. The number of benzene rings is 4. The molecular weight excluding hydrogens is 582 g/mol. The van der Waals surface area contributed by atoms with Crippen molar-refractivity contribution < 1.29 is 3.89 Å². The summed E-state index contributed by atoms with van der Waals surface area (Å²) in [5, 5.41) is 5.66. The first-order valence-corrected chi connectivity index (χ1v) is 18.2. The first-order valence-electron chi connectivity index (χ1n) is 14.8. The minimum absolute atomic E-state index is 0.268. The number of amidine groups is 1. The normalized spacial score (nSPS) is 16.2. The Labute approximate surface area is 263 Å². The first-order chi connectivity index (χ1) is 21.2. The van der Waals surface area contributed by atoms with E-state index in [-0.39, 0.29) is 3.89 Å². The summed E-state index contributed by atoms with van der Waals surface area (Å²) < 4.78 is 2.51. The van der Waals surface area contributed by atoms with Crippen molar-refractivity contribution in [2.45, 2.75) is 19.4 Å². The molecule has 0 saturated heterocycles. The molecule has 1 aliphatic heterocycles. The van der Waals surface area contributed by atoms with Crippen LogP contribution >= 0.6 is 15.8 Å². The van der Waals surface area contributed by atoms with Crippen LogP contribution in [-0.4, -0.2) is 38.1 Å². The highest BCUT2D eigenvalue weighted by Crippen LogP contribution is 2.36. The predicted molar refractivity (Wildman–Crippen MR) is 188 cm³/mol. The van der Waals surface area contributed by atoms with Crippen molar-refractivity contribution in [3.63, 3.8) is 0 Å². The Morgan fingerprint density at radius 2 is 1.09 bits per heavy atom. The molecule has 0 fully saturated rings. The van der Waals surface area contributed by atoms with Gasteiger partial charge in [-0.25, -0.2) is 4.98 Å². The molecule has 43 heavy (non-hydrogen) atoms. The van der Waals surface area contributed by atoms with Crippen molar-refractivity contribution in [3.8, 4) is 0 Å². The molecule has 1 aliphatic rings. The van der Waals surface area contributed by atoms with Crippen molar-refractivity contribution in [1.29, 1.82) is 0 Å². The number of aromatic nitrogens is 2. The van der Waals surface area contributed by atoms with Gasteiger partial charge in [0.1, 0.15) is 6.20 Å². The van der Waals surface area contributed by atoms with Crippen LogP contribution in [-0.2, 0) is 19.4 Å². The van der Waals surface area contributed by atoms with Crippen LogP contribution in [0.3, 0.4) is 0 Å². The molecule has 1 unspecified atom stereocenters. The topological polar surface area (TPSA) is 30.2 Å². The molecule has 5 aromatic rings. The van der Waals surface area contributed by atoms with Gasteiger partial charge in [0.15, 0.2) is 0 Å². The van der Waals surface area contributed by atoms with Crippen LogP contribution in [0.25, 0.3) is 0 Å². The van der Waals surface area contributed by atoms with E-state index in [1.165, 1.54) is 21.2 Å². The number of aryl methyl sites for hydroxylation is 1. The first kappa shape index (κ1) is 29.7. The Morgan fingerprint density at radius 3 is 1.58 bits per heavy atom. The molecule has 2 heterocycles. The van der Waals surface area contributed by atoms with E-state index in [4.69, 9.17) is 22.8 Å². The fourth-order valence-corrected chi connectivity index (χ4v) is 10.6. The zero-order valence-electron chi connectivity index (χ0n) is 24.2. The highest BCUT2D eigenvalue weighted by atomic mass is 32.1. The molecule has 1 aromatic heterocycles. The fourth-order valence-electron chi connectivity index (χ4n) is 5.59. The monoisotopic (exact) mass is 618 g/mol. The van der Waals surface area contributed by atoms with Gasteiger partial charge in [-0.05, 0) is 55.8 Å². The molecule has 0 radical (unpaired) electrons. The summed E-state index contributed by atoms with van der Waals surface area (Å²) in [7, 11) is -0.875. The van der Waals surface area contributed by atoms with E-state index in [9.17, 15) is 0 Å². The van der Waals surface area contributed by atoms with Gasteiger partial charge in [-0.15, -0.1) is 0 Å². The third-order valence-corrected chi connectivity index (χ3v) is 13.4. The lowest BCUT2D eigenvalue weighted by Crippen LogP contribution is -2.43. The third-order valence-electron chi connectivity index (χ3n) is 7.70. The molecule has 0 saturated carbocycles. The Bertz CT molecular complexity index is 1560. The standard InChI is InChI=1S/C36H36N4P2S/c43-40(27-14-30-42(33-19-9-3-10-20-33)34-21-11-4-12-22-34)28-24-38-36(40)35-37-23-26-39(35)25-13-29-41(31-15-5-1-6-16-31)32-17-7-2-8-18-32/h1-12,15-24,26,28H,13-14,25,27,29-30H2. The average molecular weight is 619 g/mol. The zero-order valence-corrected chi connectivity index (χ0v) is 26.8. The Hall–Kier alpha value is -3.33. The summed E-state index contributed by atoms with van der Waals surface area (Å²) in [6.07, 6.45) is 12.1. The molecule has 0 bridgehead atoms. The van der Waals surface area contributed by atoms with E-state index in [0.29, 0.717) is 0 Å². The molecule has 0 spiro atoms. The number of rotatable bonds is 13. The fraction of sp³-hybridized carbons (Fsp3) is 0.167. The van der Waals surface area contributed by atoms with Crippen LogP contribution in [0.5, 0.6) is 0 Å².